The Bertz CT molecular complexity index is 484. The van der Waals surface area contributed by atoms with E-state index in [9.17, 15) is 9.59 Å². The highest BCUT2D eigenvalue weighted by molar-refractivity contribution is 5.95. The van der Waals surface area contributed by atoms with Crippen LogP contribution in [0.2, 0.25) is 0 Å². The third-order valence-electron chi connectivity index (χ3n) is 3.63. The van der Waals surface area contributed by atoms with E-state index in [4.69, 9.17) is 5.11 Å². The fourth-order valence-corrected chi connectivity index (χ4v) is 2.14. The monoisotopic (exact) mass is 262 g/mol. The van der Waals surface area contributed by atoms with Gasteiger partial charge in [0.05, 0.1) is 5.56 Å². The molecule has 1 aliphatic heterocycles. The predicted molar refractivity (Wildman–Crippen MR) is 70.1 cm³/mol. The van der Waals surface area contributed by atoms with Crippen LogP contribution < -0.4 is 0 Å². The van der Waals surface area contributed by atoms with Crippen molar-refractivity contribution in [2.45, 2.75) is 26.7 Å². The Morgan fingerprint density at radius 2 is 1.89 bits per heavy atom. The van der Waals surface area contributed by atoms with Crippen LogP contribution in [0.1, 0.15) is 47.5 Å². The second-order valence-electron chi connectivity index (χ2n) is 5.69. The Labute approximate surface area is 112 Å². The maximum atomic E-state index is 12.2. The average Bonchev–Trinajstić information content (AvgIpc) is 2.38. The number of hydrogen-bond donors (Lipinski definition) is 1. The molecule has 1 saturated heterocycles. The van der Waals surface area contributed by atoms with Crippen LogP contribution in [0.25, 0.3) is 0 Å². The number of carboxylic acids is 1. The topological polar surface area (TPSA) is 70.5 Å². The molecule has 1 fully saturated rings. The van der Waals surface area contributed by atoms with E-state index in [1.54, 1.807) is 0 Å². The lowest BCUT2D eigenvalue weighted by Crippen LogP contribution is -2.41. The van der Waals surface area contributed by atoms with E-state index in [1.807, 2.05) is 4.90 Å². The maximum Gasteiger partial charge on any atom is 0.354 e. The van der Waals surface area contributed by atoms with Crippen LogP contribution in [-0.4, -0.2) is 40.0 Å². The summed E-state index contributed by atoms with van der Waals surface area (Å²) in [6.07, 6.45) is 3.31. The van der Waals surface area contributed by atoms with Crippen LogP contribution >= 0.6 is 0 Å². The van der Waals surface area contributed by atoms with Crippen LogP contribution in [0, 0.1) is 5.41 Å². The van der Waals surface area contributed by atoms with Crippen molar-refractivity contribution in [3.63, 3.8) is 0 Å². The van der Waals surface area contributed by atoms with E-state index in [0.717, 1.165) is 25.9 Å². The average molecular weight is 262 g/mol. The van der Waals surface area contributed by atoms with Gasteiger partial charge in [0.2, 0.25) is 0 Å². The molecule has 0 atom stereocenters. The molecule has 5 nitrogen and oxygen atoms in total. The van der Waals surface area contributed by atoms with Gasteiger partial charge in [-0.05, 0) is 30.4 Å². The Hall–Kier alpha value is -1.91. The molecule has 1 N–H and O–H groups in total. The second kappa shape index (κ2) is 4.99. The van der Waals surface area contributed by atoms with Gasteiger partial charge in [-0.25, -0.2) is 9.78 Å². The number of carboxylic acid groups (broad SMARTS) is 1. The third-order valence-corrected chi connectivity index (χ3v) is 3.63. The minimum Gasteiger partial charge on any atom is -0.477 e. The van der Waals surface area contributed by atoms with Crippen LogP contribution in [0.15, 0.2) is 18.3 Å². The highest BCUT2D eigenvalue weighted by Crippen LogP contribution is 2.30. The number of carbonyl (C=O) groups is 2. The summed E-state index contributed by atoms with van der Waals surface area (Å²) in [5.74, 6) is -1.15. The van der Waals surface area contributed by atoms with E-state index in [0.29, 0.717) is 11.0 Å². The molecule has 0 unspecified atom stereocenters. The summed E-state index contributed by atoms with van der Waals surface area (Å²) in [4.78, 5) is 28.5. The number of rotatable bonds is 2. The number of piperidine rings is 1. The van der Waals surface area contributed by atoms with Crippen molar-refractivity contribution in [2.75, 3.05) is 13.1 Å². The van der Waals surface area contributed by atoms with Crippen molar-refractivity contribution >= 4 is 11.9 Å². The normalized spacial score (nSPS) is 18.1. The zero-order chi connectivity index (χ0) is 14.0. The highest BCUT2D eigenvalue weighted by atomic mass is 16.4. The quantitative estimate of drug-likeness (QED) is 0.885. The molecular formula is C14H18N2O3. The fourth-order valence-electron chi connectivity index (χ4n) is 2.14. The van der Waals surface area contributed by atoms with Crippen molar-refractivity contribution in [1.29, 1.82) is 0 Å². The van der Waals surface area contributed by atoms with Gasteiger partial charge in [0.1, 0.15) is 5.69 Å². The number of carbonyl (C=O) groups excluding carboxylic acids is 1. The van der Waals surface area contributed by atoms with Gasteiger partial charge in [-0.15, -0.1) is 0 Å². The Kier molecular flexibility index (Phi) is 3.55. The first-order valence-electron chi connectivity index (χ1n) is 6.38. The lowest BCUT2D eigenvalue weighted by atomic mass is 9.82. The zero-order valence-electron chi connectivity index (χ0n) is 11.2. The van der Waals surface area contributed by atoms with Gasteiger partial charge in [-0.3, -0.25) is 4.79 Å². The van der Waals surface area contributed by atoms with Gasteiger partial charge < -0.3 is 10.0 Å². The van der Waals surface area contributed by atoms with Crippen LogP contribution in [0.3, 0.4) is 0 Å². The lowest BCUT2D eigenvalue weighted by molar-refractivity contribution is 0.0626. The molecular weight excluding hydrogens is 244 g/mol. The summed E-state index contributed by atoms with van der Waals surface area (Å²) in [6, 6.07) is 2.89. The minimum absolute atomic E-state index is 0.0451. The molecule has 1 amide bonds. The predicted octanol–water partition coefficient (Wildman–Crippen LogP) is 2.04. The van der Waals surface area contributed by atoms with Crippen molar-refractivity contribution < 1.29 is 14.7 Å². The fraction of sp³-hybridized carbons (Fsp3) is 0.500. The summed E-state index contributed by atoms with van der Waals surface area (Å²) in [5, 5.41) is 8.76. The van der Waals surface area contributed by atoms with E-state index < -0.39 is 5.97 Å². The number of nitrogens with zero attached hydrogens (tertiary/aromatic N) is 2. The first-order chi connectivity index (χ1) is 8.89. The molecule has 2 heterocycles. The Morgan fingerprint density at radius 1 is 1.26 bits per heavy atom. The maximum absolute atomic E-state index is 12.2. The van der Waals surface area contributed by atoms with Crippen molar-refractivity contribution in [3.8, 4) is 0 Å². The van der Waals surface area contributed by atoms with Crippen LogP contribution in [0.4, 0.5) is 0 Å². The van der Waals surface area contributed by atoms with Gasteiger partial charge in [-0.1, -0.05) is 13.8 Å². The molecule has 0 aliphatic carbocycles. The number of pyridine rings is 1. The third kappa shape index (κ3) is 3.10. The number of aromatic carboxylic acids is 1. The highest BCUT2D eigenvalue weighted by Gasteiger charge is 2.28. The van der Waals surface area contributed by atoms with Crippen molar-refractivity contribution in [1.82, 2.24) is 9.88 Å². The largest absolute Gasteiger partial charge is 0.477 e. The summed E-state index contributed by atoms with van der Waals surface area (Å²) in [7, 11) is 0. The lowest BCUT2D eigenvalue weighted by Gasteiger charge is -2.36. The van der Waals surface area contributed by atoms with Gasteiger partial charge in [0.15, 0.2) is 0 Å². The molecule has 2 rings (SSSR count). The van der Waals surface area contributed by atoms with Gasteiger partial charge >= 0.3 is 5.97 Å². The van der Waals surface area contributed by atoms with Crippen LogP contribution in [0.5, 0.6) is 0 Å². The molecule has 19 heavy (non-hydrogen) atoms. The van der Waals surface area contributed by atoms with E-state index in [2.05, 4.69) is 18.8 Å². The van der Waals surface area contributed by atoms with Crippen molar-refractivity contribution in [2.24, 2.45) is 5.41 Å². The molecule has 1 aromatic heterocycles. The summed E-state index contributed by atoms with van der Waals surface area (Å²) in [6.45, 7) is 5.90. The molecule has 1 aromatic rings. The van der Waals surface area contributed by atoms with Crippen molar-refractivity contribution in [3.05, 3.63) is 29.6 Å². The first kappa shape index (κ1) is 13.5. The molecule has 0 spiro atoms. The van der Waals surface area contributed by atoms with Gasteiger partial charge in [0, 0.05) is 19.3 Å². The van der Waals surface area contributed by atoms with E-state index >= 15 is 0 Å². The summed E-state index contributed by atoms with van der Waals surface area (Å²) in [5.41, 5.74) is 0.698. The zero-order valence-corrected chi connectivity index (χ0v) is 11.2. The number of likely N-dealkylation sites (tertiary alicyclic amines) is 1. The Morgan fingerprint density at radius 3 is 2.37 bits per heavy atom. The minimum atomic E-state index is -1.08. The Balaban J connectivity index is 2.06. The molecule has 0 radical (unpaired) electrons. The van der Waals surface area contributed by atoms with Gasteiger partial charge in [0.25, 0.3) is 5.91 Å². The summed E-state index contributed by atoms with van der Waals surface area (Å²) >= 11 is 0. The van der Waals surface area contributed by atoms with E-state index in [1.165, 1.54) is 18.3 Å². The molecule has 0 aromatic carbocycles. The van der Waals surface area contributed by atoms with E-state index in [-0.39, 0.29) is 11.6 Å². The molecule has 0 bridgehead atoms. The SMILES string of the molecule is CC1(C)CCN(C(=O)c2ccc(C(=O)O)nc2)CC1. The number of amides is 1. The second-order valence-corrected chi connectivity index (χ2v) is 5.69. The van der Waals surface area contributed by atoms with Crippen LogP contribution in [-0.2, 0) is 0 Å². The standard InChI is InChI=1S/C14H18N2O3/c1-14(2)5-7-16(8-6-14)12(17)10-3-4-11(13(18)19)15-9-10/h3-4,9H,5-8H2,1-2H3,(H,18,19). The first-order valence-corrected chi connectivity index (χ1v) is 6.38. The number of aromatic nitrogens is 1. The molecule has 5 heteroatoms. The van der Waals surface area contributed by atoms with Gasteiger partial charge in [-0.2, -0.15) is 0 Å². The molecule has 0 saturated carbocycles. The number of hydrogen-bond acceptors (Lipinski definition) is 3. The molecule has 102 valence electrons. The summed E-state index contributed by atoms with van der Waals surface area (Å²) < 4.78 is 0. The smallest absolute Gasteiger partial charge is 0.354 e. The molecule has 1 aliphatic rings.